The maximum absolute atomic E-state index is 10.6. The fraction of sp³-hybridized carbons (Fsp3) is 0.429. The molecule has 0 fully saturated rings. The predicted molar refractivity (Wildman–Crippen MR) is 82.9 cm³/mol. The number of fused-ring (bicyclic) bond motifs is 1. The molecular formula is C14H17ClN2O2S. The number of carbonyl (C=O) groups is 1. The number of carbonyl (C=O) groups excluding carboxylic acids is 1. The predicted octanol–water partition coefficient (Wildman–Crippen LogP) is 2.35. The molecule has 1 atom stereocenters. The summed E-state index contributed by atoms with van der Waals surface area (Å²) in [7, 11) is 0. The Hall–Kier alpha value is -1.33. The van der Waals surface area contributed by atoms with Gasteiger partial charge >= 0.3 is 5.97 Å². The summed E-state index contributed by atoms with van der Waals surface area (Å²) >= 11 is 11.4. The van der Waals surface area contributed by atoms with Gasteiger partial charge in [-0.25, -0.2) is 0 Å². The molecule has 0 saturated heterocycles. The van der Waals surface area contributed by atoms with Crippen LogP contribution in [0.5, 0.6) is 0 Å². The van der Waals surface area contributed by atoms with Crippen LogP contribution in [-0.2, 0) is 16.0 Å². The van der Waals surface area contributed by atoms with E-state index in [0.717, 1.165) is 17.9 Å². The first-order valence-electron chi connectivity index (χ1n) is 6.53. The fourth-order valence-electron chi connectivity index (χ4n) is 2.33. The summed E-state index contributed by atoms with van der Waals surface area (Å²) in [4.78, 5) is 10.6. The van der Waals surface area contributed by atoms with Crippen LogP contribution in [0.15, 0.2) is 18.2 Å². The van der Waals surface area contributed by atoms with Crippen molar-refractivity contribution in [2.24, 2.45) is 0 Å². The number of hydrogen-bond donors (Lipinski definition) is 2. The molecule has 0 spiro atoms. The summed E-state index contributed by atoms with van der Waals surface area (Å²) in [5, 5.41) is 7.68. The van der Waals surface area contributed by atoms with E-state index in [-0.39, 0.29) is 12.0 Å². The van der Waals surface area contributed by atoms with Crippen LogP contribution in [0.1, 0.15) is 30.5 Å². The zero-order valence-electron chi connectivity index (χ0n) is 11.2. The van der Waals surface area contributed by atoms with Gasteiger partial charge in [0.05, 0.1) is 12.6 Å². The van der Waals surface area contributed by atoms with E-state index in [4.69, 9.17) is 28.6 Å². The third-order valence-corrected chi connectivity index (χ3v) is 3.83. The van der Waals surface area contributed by atoms with E-state index in [1.807, 2.05) is 12.1 Å². The first-order chi connectivity index (χ1) is 9.58. The normalized spacial score (nSPS) is 16.4. The van der Waals surface area contributed by atoms with Crippen molar-refractivity contribution < 1.29 is 9.53 Å². The molecule has 0 aliphatic heterocycles. The average molecular weight is 313 g/mol. The highest BCUT2D eigenvalue weighted by atomic mass is 35.5. The largest absolute Gasteiger partial charge is 0.464 e. The molecule has 4 nitrogen and oxygen atoms in total. The Morgan fingerprint density at radius 3 is 3.10 bits per heavy atom. The van der Waals surface area contributed by atoms with Crippen LogP contribution < -0.4 is 10.6 Å². The molecule has 0 heterocycles. The molecule has 1 unspecified atom stereocenters. The van der Waals surface area contributed by atoms with Gasteiger partial charge in [0, 0.05) is 11.9 Å². The highest BCUT2D eigenvalue weighted by molar-refractivity contribution is 7.80. The Kier molecular flexibility index (Phi) is 5.20. The lowest BCUT2D eigenvalue weighted by atomic mass is 10.1. The van der Waals surface area contributed by atoms with E-state index in [1.165, 1.54) is 18.1 Å². The molecule has 0 bridgehead atoms. The van der Waals surface area contributed by atoms with Crippen LogP contribution in [-0.4, -0.2) is 24.2 Å². The summed E-state index contributed by atoms with van der Waals surface area (Å²) in [5.41, 5.74) is 2.41. The topological polar surface area (TPSA) is 50.4 Å². The second-order valence-corrected chi connectivity index (χ2v) is 5.45. The van der Waals surface area contributed by atoms with E-state index < -0.39 is 0 Å². The molecule has 1 aliphatic rings. The summed E-state index contributed by atoms with van der Waals surface area (Å²) in [6.07, 6.45) is 1.94. The molecule has 0 aromatic heterocycles. The van der Waals surface area contributed by atoms with Gasteiger partial charge in [0.25, 0.3) is 0 Å². The van der Waals surface area contributed by atoms with E-state index in [0.29, 0.717) is 18.3 Å². The Morgan fingerprint density at radius 2 is 2.35 bits per heavy atom. The SMILES string of the molecule is CC(=O)OCCNC(=S)NC1CCc2c(Cl)cccc21. The third kappa shape index (κ3) is 3.84. The number of benzene rings is 1. The fourth-order valence-corrected chi connectivity index (χ4v) is 2.85. The Morgan fingerprint density at radius 1 is 1.55 bits per heavy atom. The molecule has 6 heteroatoms. The number of halogens is 1. The van der Waals surface area contributed by atoms with Crippen molar-refractivity contribution in [3.8, 4) is 0 Å². The Labute approximate surface area is 128 Å². The molecule has 2 rings (SSSR count). The molecule has 1 aliphatic carbocycles. The van der Waals surface area contributed by atoms with Gasteiger partial charge in [-0.3, -0.25) is 4.79 Å². The van der Waals surface area contributed by atoms with Gasteiger partial charge in [0.15, 0.2) is 5.11 Å². The van der Waals surface area contributed by atoms with Crippen molar-refractivity contribution in [2.45, 2.75) is 25.8 Å². The highest BCUT2D eigenvalue weighted by Crippen LogP contribution is 2.35. The zero-order chi connectivity index (χ0) is 14.5. The van der Waals surface area contributed by atoms with Gasteiger partial charge in [-0.2, -0.15) is 0 Å². The second kappa shape index (κ2) is 6.90. The van der Waals surface area contributed by atoms with Gasteiger partial charge in [-0.05, 0) is 42.3 Å². The van der Waals surface area contributed by atoms with Crippen LogP contribution in [0.2, 0.25) is 5.02 Å². The first kappa shape index (κ1) is 15.1. The smallest absolute Gasteiger partial charge is 0.302 e. The van der Waals surface area contributed by atoms with Crippen molar-refractivity contribution >= 4 is 34.9 Å². The minimum atomic E-state index is -0.287. The molecule has 0 saturated carbocycles. The van der Waals surface area contributed by atoms with Gasteiger partial charge in [0.2, 0.25) is 0 Å². The quantitative estimate of drug-likeness (QED) is 0.508. The number of esters is 1. The van der Waals surface area contributed by atoms with E-state index in [9.17, 15) is 4.79 Å². The molecule has 20 heavy (non-hydrogen) atoms. The lowest BCUT2D eigenvalue weighted by molar-refractivity contribution is -0.140. The van der Waals surface area contributed by atoms with Crippen molar-refractivity contribution in [2.75, 3.05) is 13.2 Å². The molecular weight excluding hydrogens is 296 g/mol. The number of rotatable bonds is 4. The molecule has 108 valence electrons. The summed E-state index contributed by atoms with van der Waals surface area (Å²) in [6.45, 7) is 2.19. The van der Waals surface area contributed by atoms with Crippen molar-refractivity contribution in [1.29, 1.82) is 0 Å². The lowest BCUT2D eigenvalue weighted by Crippen LogP contribution is -2.38. The number of nitrogens with one attached hydrogen (secondary N) is 2. The van der Waals surface area contributed by atoms with Gasteiger partial charge in [-0.1, -0.05) is 23.7 Å². The monoisotopic (exact) mass is 312 g/mol. The minimum Gasteiger partial charge on any atom is -0.464 e. The van der Waals surface area contributed by atoms with Crippen LogP contribution in [0, 0.1) is 0 Å². The third-order valence-electron chi connectivity index (χ3n) is 3.21. The number of hydrogen-bond acceptors (Lipinski definition) is 3. The average Bonchev–Trinajstić information content (AvgIpc) is 2.79. The maximum Gasteiger partial charge on any atom is 0.302 e. The van der Waals surface area contributed by atoms with Gasteiger partial charge in [0.1, 0.15) is 6.61 Å². The molecule has 0 amide bonds. The van der Waals surface area contributed by atoms with E-state index in [2.05, 4.69) is 16.7 Å². The van der Waals surface area contributed by atoms with Crippen molar-refractivity contribution in [1.82, 2.24) is 10.6 Å². The van der Waals surface area contributed by atoms with Crippen LogP contribution in [0.25, 0.3) is 0 Å². The van der Waals surface area contributed by atoms with Crippen molar-refractivity contribution in [3.05, 3.63) is 34.3 Å². The van der Waals surface area contributed by atoms with Crippen molar-refractivity contribution in [3.63, 3.8) is 0 Å². The molecule has 0 radical (unpaired) electrons. The Bertz CT molecular complexity index is 522. The summed E-state index contributed by atoms with van der Waals surface area (Å²) in [5.74, 6) is -0.287. The minimum absolute atomic E-state index is 0.192. The summed E-state index contributed by atoms with van der Waals surface area (Å²) in [6, 6.07) is 6.14. The molecule has 1 aromatic carbocycles. The maximum atomic E-state index is 10.6. The van der Waals surface area contributed by atoms with Gasteiger partial charge in [-0.15, -0.1) is 0 Å². The van der Waals surface area contributed by atoms with Crippen LogP contribution in [0.4, 0.5) is 0 Å². The van der Waals surface area contributed by atoms with Crippen LogP contribution in [0.3, 0.4) is 0 Å². The van der Waals surface area contributed by atoms with E-state index in [1.54, 1.807) is 0 Å². The lowest BCUT2D eigenvalue weighted by Gasteiger charge is -2.17. The zero-order valence-corrected chi connectivity index (χ0v) is 12.8. The number of ether oxygens (including phenoxy) is 1. The standard InChI is InChI=1S/C14H17ClN2O2S/c1-9(18)19-8-7-16-14(20)17-13-6-5-10-11(13)3-2-4-12(10)15/h2-4,13H,5-8H2,1H3,(H2,16,17,20). The molecule has 2 N–H and O–H groups in total. The second-order valence-electron chi connectivity index (χ2n) is 4.64. The number of thiocarbonyl (C=S) groups is 1. The Balaban J connectivity index is 1.82. The summed E-state index contributed by atoms with van der Waals surface area (Å²) < 4.78 is 4.83. The highest BCUT2D eigenvalue weighted by Gasteiger charge is 2.24. The first-order valence-corrected chi connectivity index (χ1v) is 7.31. The molecule has 1 aromatic rings. The van der Waals surface area contributed by atoms with Gasteiger partial charge < -0.3 is 15.4 Å². The van der Waals surface area contributed by atoms with Crippen LogP contribution >= 0.6 is 23.8 Å². The van der Waals surface area contributed by atoms with E-state index >= 15 is 0 Å².